The van der Waals surface area contributed by atoms with Crippen molar-refractivity contribution in [2.75, 3.05) is 20.2 Å². The molecule has 3 aromatic rings. The molecule has 2 heterocycles. The highest BCUT2D eigenvalue weighted by Crippen LogP contribution is 2.41. The van der Waals surface area contributed by atoms with Crippen molar-refractivity contribution in [3.05, 3.63) is 77.4 Å². The number of hydrogen-bond donors (Lipinski definition) is 2. The van der Waals surface area contributed by atoms with Crippen molar-refractivity contribution in [3.63, 3.8) is 0 Å². The fourth-order valence-corrected chi connectivity index (χ4v) is 5.48. The van der Waals surface area contributed by atoms with Gasteiger partial charge in [0.2, 0.25) is 0 Å². The average molecular weight is 407 g/mol. The van der Waals surface area contributed by atoms with Crippen LogP contribution >= 0.6 is 0 Å². The van der Waals surface area contributed by atoms with E-state index in [1.807, 2.05) is 30.3 Å². The number of hydrogen-bond acceptors (Lipinski definition) is 3. The number of nitrogens with zero attached hydrogens (tertiary/aromatic N) is 1. The van der Waals surface area contributed by atoms with E-state index in [1.54, 1.807) is 19.2 Å². The van der Waals surface area contributed by atoms with Gasteiger partial charge in [-0.1, -0.05) is 18.7 Å². The van der Waals surface area contributed by atoms with E-state index >= 15 is 0 Å². The quantitative estimate of drug-likeness (QED) is 0.588. The van der Waals surface area contributed by atoms with Gasteiger partial charge in [-0.05, 0) is 79.1 Å². The number of likely N-dealkylation sites (tertiary alicyclic amines) is 1. The van der Waals surface area contributed by atoms with Crippen LogP contribution in [0.4, 0.5) is 4.39 Å². The number of halogens is 1. The molecule has 2 aromatic carbocycles. The number of methoxy groups -OCH3 is 1. The molecule has 0 spiro atoms. The highest BCUT2D eigenvalue weighted by Gasteiger charge is 2.38. The Morgan fingerprint density at radius 2 is 2.10 bits per heavy atom. The number of piperidine rings is 1. The Labute approximate surface area is 176 Å². The first-order valence-electron chi connectivity index (χ1n) is 10.6. The lowest BCUT2D eigenvalue weighted by Crippen LogP contribution is -2.45. The number of nitrogens with one attached hydrogen (secondary N) is 1. The van der Waals surface area contributed by atoms with Crippen molar-refractivity contribution >= 4 is 10.9 Å². The van der Waals surface area contributed by atoms with Crippen molar-refractivity contribution < 1.29 is 14.2 Å². The third-order valence-corrected chi connectivity index (χ3v) is 6.90. The summed E-state index contributed by atoms with van der Waals surface area (Å²) in [5, 5.41) is 11.6. The Hall–Kier alpha value is -2.79. The molecule has 156 valence electrons. The van der Waals surface area contributed by atoms with Gasteiger partial charge in [-0.2, -0.15) is 0 Å². The van der Waals surface area contributed by atoms with Crippen molar-refractivity contribution in [3.8, 4) is 5.75 Å². The molecule has 4 nitrogen and oxygen atoms in total. The van der Waals surface area contributed by atoms with Crippen LogP contribution in [0.5, 0.6) is 5.75 Å². The van der Waals surface area contributed by atoms with E-state index in [1.165, 1.54) is 11.3 Å². The molecule has 3 unspecified atom stereocenters. The largest absolute Gasteiger partial charge is 0.511 e. The van der Waals surface area contributed by atoms with E-state index in [9.17, 15) is 9.50 Å². The van der Waals surface area contributed by atoms with Crippen LogP contribution in [0.25, 0.3) is 10.9 Å². The van der Waals surface area contributed by atoms with E-state index in [0.717, 1.165) is 54.6 Å². The van der Waals surface area contributed by atoms with Crippen molar-refractivity contribution in [1.29, 1.82) is 0 Å². The van der Waals surface area contributed by atoms with Gasteiger partial charge < -0.3 is 14.8 Å². The summed E-state index contributed by atoms with van der Waals surface area (Å²) in [5.41, 5.74) is 4.49. The molecular formula is C25H27FN2O2. The van der Waals surface area contributed by atoms with E-state index in [2.05, 4.69) is 16.5 Å². The second-order valence-electron chi connectivity index (χ2n) is 8.65. The summed E-state index contributed by atoms with van der Waals surface area (Å²) in [6, 6.07) is 12.7. The van der Waals surface area contributed by atoms with Gasteiger partial charge in [-0.15, -0.1) is 0 Å². The van der Waals surface area contributed by atoms with Crippen LogP contribution in [-0.2, 0) is 12.8 Å². The van der Waals surface area contributed by atoms with Crippen LogP contribution in [0.2, 0.25) is 0 Å². The minimum Gasteiger partial charge on any atom is -0.511 e. The third-order valence-electron chi connectivity index (χ3n) is 6.90. The molecule has 1 aliphatic heterocycles. The molecule has 5 heteroatoms. The topological polar surface area (TPSA) is 48.5 Å². The smallest absolute Gasteiger partial charge is 0.125 e. The number of aromatic nitrogens is 1. The number of fused-ring (bicyclic) bond motifs is 4. The average Bonchev–Trinajstić information content (AvgIpc) is 3.08. The van der Waals surface area contributed by atoms with Gasteiger partial charge in [-0.3, -0.25) is 4.90 Å². The first kappa shape index (κ1) is 19.2. The van der Waals surface area contributed by atoms with Gasteiger partial charge in [0.15, 0.2) is 0 Å². The zero-order valence-electron chi connectivity index (χ0n) is 17.2. The Morgan fingerprint density at radius 1 is 1.23 bits per heavy atom. The zero-order valence-corrected chi connectivity index (χ0v) is 17.2. The number of H-pyrrole nitrogens is 1. The van der Waals surface area contributed by atoms with E-state index in [-0.39, 0.29) is 17.6 Å². The fraction of sp³-hybridized carbons (Fsp3) is 0.360. The molecule has 0 radical (unpaired) electrons. The van der Waals surface area contributed by atoms with Crippen LogP contribution in [0.1, 0.15) is 29.3 Å². The number of rotatable bonds is 4. The summed E-state index contributed by atoms with van der Waals surface area (Å²) in [7, 11) is 1.65. The highest BCUT2D eigenvalue weighted by molar-refractivity contribution is 5.85. The molecule has 1 aliphatic carbocycles. The molecule has 2 aliphatic rings. The van der Waals surface area contributed by atoms with Crippen LogP contribution < -0.4 is 4.74 Å². The molecule has 5 rings (SSSR count). The second-order valence-corrected chi connectivity index (χ2v) is 8.65. The summed E-state index contributed by atoms with van der Waals surface area (Å²) in [6.07, 6.45) is 3.06. The number of ether oxygens (including phenoxy) is 1. The van der Waals surface area contributed by atoms with Gasteiger partial charge in [0.25, 0.3) is 0 Å². The Bertz CT molecular complexity index is 1110. The molecule has 1 fully saturated rings. The minimum atomic E-state index is -0.237. The molecule has 1 saturated heterocycles. The minimum absolute atomic E-state index is 0.167. The van der Waals surface area contributed by atoms with Crippen LogP contribution in [-0.4, -0.2) is 35.2 Å². The molecule has 0 saturated carbocycles. The van der Waals surface area contributed by atoms with Gasteiger partial charge in [0, 0.05) is 23.1 Å². The van der Waals surface area contributed by atoms with Crippen LogP contribution in [0.15, 0.2) is 54.8 Å². The number of aliphatic hydroxyl groups excluding tert-OH is 1. The van der Waals surface area contributed by atoms with Crippen molar-refractivity contribution in [2.24, 2.45) is 11.8 Å². The summed E-state index contributed by atoms with van der Waals surface area (Å²) < 4.78 is 19.0. The van der Waals surface area contributed by atoms with Gasteiger partial charge in [0.1, 0.15) is 17.3 Å². The summed E-state index contributed by atoms with van der Waals surface area (Å²) in [5.74, 6) is 1.85. The normalized spacial score (nSPS) is 22.3. The molecule has 30 heavy (non-hydrogen) atoms. The van der Waals surface area contributed by atoms with Crippen LogP contribution in [0.3, 0.4) is 0 Å². The lowest BCUT2D eigenvalue weighted by atomic mass is 9.73. The molecule has 0 bridgehead atoms. The Balaban J connectivity index is 1.42. The molecule has 0 amide bonds. The van der Waals surface area contributed by atoms with Crippen molar-refractivity contribution in [1.82, 2.24) is 9.88 Å². The molecule has 3 atom stereocenters. The summed E-state index contributed by atoms with van der Waals surface area (Å²) in [6.45, 7) is 5.69. The van der Waals surface area contributed by atoms with Crippen molar-refractivity contribution in [2.45, 2.75) is 25.3 Å². The highest BCUT2D eigenvalue weighted by atomic mass is 19.1. The van der Waals surface area contributed by atoms with E-state index in [0.29, 0.717) is 11.8 Å². The predicted molar refractivity (Wildman–Crippen MR) is 116 cm³/mol. The summed E-state index contributed by atoms with van der Waals surface area (Å²) in [4.78, 5) is 5.80. The number of benzene rings is 2. The third kappa shape index (κ3) is 3.27. The lowest BCUT2D eigenvalue weighted by Gasteiger charge is -2.44. The molecule has 1 aromatic heterocycles. The number of aliphatic hydroxyl groups is 1. The van der Waals surface area contributed by atoms with Crippen LogP contribution in [0, 0.1) is 17.7 Å². The maximum absolute atomic E-state index is 13.7. The zero-order chi connectivity index (χ0) is 20.8. The maximum Gasteiger partial charge on any atom is 0.125 e. The maximum atomic E-state index is 13.7. The van der Waals surface area contributed by atoms with Gasteiger partial charge in [-0.25, -0.2) is 4.39 Å². The standard InChI is InChI=1S/C25H27FN2O2/c1-15(29)25(17-4-3-5-20(10-17)30-2)28-9-8-16-12-23-22(11-18(16)14-28)21-7-6-19(26)13-24(21)27-23/h3-7,10,13,16,18,25,27,29H,1,8-9,11-12,14H2,2H3. The fourth-order valence-electron chi connectivity index (χ4n) is 5.48. The Kier molecular flexibility index (Phi) is 4.78. The van der Waals surface area contributed by atoms with Gasteiger partial charge in [0.05, 0.1) is 13.2 Å². The van der Waals surface area contributed by atoms with E-state index in [4.69, 9.17) is 4.74 Å². The lowest BCUT2D eigenvalue weighted by molar-refractivity contribution is 0.0716. The first-order chi connectivity index (χ1) is 14.5. The second kappa shape index (κ2) is 7.47. The number of aromatic amines is 1. The Morgan fingerprint density at radius 3 is 2.90 bits per heavy atom. The predicted octanol–water partition coefficient (Wildman–Crippen LogP) is 5.17. The molecule has 2 N–H and O–H groups in total. The van der Waals surface area contributed by atoms with E-state index < -0.39 is 0 Å². The SMILES string of the molecule is C=C(O)C(c1cccc(OC)c1)N1CCC2Cc3[nH]c4cc(F)ccc4c3CC2C1. The first-order valence-corrected chi connectivity index (χ1v) is 10.6. The monoisotopic (exact) mass is 406 g/mol. The van der Waals surface area contributed by atoms with Gasteiger partial charge >= 0.3 is 0 Å². The molecular weight excluding hydrogens is 379 g/mol. The summed E-state index contributed by atoms with van der Waals surface area (Å²) >= 11 is 0.